The Bertz CT molecular complexity index is 1190. The summed E-state index contributed by atoms with van der Waals surface area (Å²) in [5.41, 5.74) is 3.95. The summed E-state index contributed by atoms with van der Waals surface area (Å²) in [5, 5.41) is 3.54. The van der Waals surface area contributed by atoms with Gasteiger partial charge in [0.05, 0.1) is 11.1 Å². The van der Waals surface area contributed by atoms with Gasteiger partial charge in [0, 0.05) is 48.4 Å². The number of anilines is 1. The molecule has 1 atom stereocenters. The molecule has 33 heavy (non-hydrogen) atoms. The summed E-state index contributed by atoms with van der Waals surface area (Å²) >= 11 is 0. The van der Waals surface area contributed by atoms with Crippen molar-refractivity contribution in [1.82, 2.24) is 14.9 Å². The van der Waals surface area contributed by atoms with Crippen molar-refractivity contribution >= 4 is 28.6 Å². The third kappa shape index (κ3) is 4.73. The number of carbonyl (C=O) groups is 2. The van der Waals surface area contributed by atoms with Crippen molar-refractivity contribution in [3.05, 3.63) is 65.0 Å². The van der Waals surface area contributed by atoms with Gasteiger partial charge < -0.3 is 10.1 Å². The Labute approximate surface area is 194 Å². The highest BCUT2D eigenvalue weighted by Crippen LogP contribution is 2.30. The number of carbonyl (C=O) groups excluding carboxylic acids is 2. The van der Waals surface area contributed by atoms with E-state index in [4.69, 9.17) is 9.72 Å². The van der Waals surface area contributed by atoms with E-state index in [0.717, 1.165) is 40.7 Å². The van der Waals surface area contributed by atoms with E-state index in [0.29, 0.717) is 30.4 Å². The molecule has 0 bridgehead atoms. The maximum atomic E-state index is 13.5. The Kier molecular flexibility index (Phi) is 6.70. The molecule has 0 fully saturated rings. The molecule has 0 radical (unpaired) electrons. The van der Waals surface area contributed by atoms with Crippen LogP contribution < -0.4 is 5.32 Å². The SMILES string of the molecule is CCC(OC(=O)c1c2c(nc3ccccc13)CCN(C(C)C)C2)C(=O)Nc1ncccc1C. The van der Waals surface area contributed by atoms with E-state index in [1.54, 1.807) is 12.3 Å². The minimum absolute atomic E-state index is 0.351. The Balaban J connectivity index is 1.66. The number of benzene rings is 1. The highest BCUT2D eigenvalue weighted by atomic mass is 16.5. The van der Waals surface area contributed by atoms with Crippen molar-refractivity contribution in [3.63, 3.8) is 0 Å². The minimum Gasteiger partial charge on any atom is -0.449 e. The predicted molar refractivity (Wildman–Crippen MR) is 128 cm³/mol. The van der Waals surface area contributed by atoms with E-state index in [9.17, 15) is 9.59 Å². The summed E-state index contributed by atoms with van der Waals surface area (Å²) in [4.78, 5) is 37.8. The number of amides is 1. The lowest BCUT2D eigenvalue weighted by Crippen LogP contribution is -2.38. The number of esters is 1. The number of para-hydroxylation sites is 1. The van der Waals surface area contributed by atoms with Crippen LogP contribution in [0.15, 0.2) is 42.6 Å². The summed E-state index contributed by atoms with van der Waals surface area (Å²) in [7, 11) is 0. The van der Waals surface area contributed by atoms with Crippen molar-refractivity contribution in [2.45, 2.75) is 59.2 Å². The van der Waals surface area contributed by atoms with Gasteiger partial charge in [0.25, 0.3) is 5.91 Å². The van der Waals surface area contributed by atoms with Crippen LogP contribution in [0.1, 0.15) is 54.4 Å². The van der Waals surface area contributed by atoms with Gasteiger partial charge in [-0.3, -0.25) is 14.7 Å². The third-order valence-electron chi connectivity index (χ3n) is 6.17. The van der Waals surface area contributed by atoms with Crippen LogP contribution in [0.25, 0.3) is 10.9 Å². The average molecular weight is 447 g/mol. The van der Waals surface area contributed by atoms with Crippen LogP contribution in [0.5, 0.6) is 0 Å². The monoisotopic (exact) mass is 446 g/mol. The molecule has 1 aliphatic heterocycles. The van der Waals surface area contributed by atoms with Crippen LogP contribution in [-0.2, 0) is 22.5 Å². The first kappa shape index (κ1) is 22.9. The van der Waals surface area contributed by atoms with Crippen molar-refractivity contribution in [1.29, 1.82) is 0 Å². The van der Waals surface area contributed by atoms with Crippen LogP contribution in [-0.4, -0.2) is 45.4 Å². The van der Waals surface area contributed by atoms with Crippen LogP contribution in [0.4, 0.5) is 5.82 Å². The van der Waals surface area contributed by atoms with E-state index in [1.807, 2.05) is 44.2 Å². The smallest absolute Gasteiger partial charge is 0.340 e. The summed E-state index contributed by atoms with van der Waals surface area (Å²) in [6.07, 6.45) is 1.82. The van der Waals surface area contributed by atoms with Gasteiger partial charge in [0.1, 0.15) is 5.82 Å². The molecule has 3 aromatic rings. The molecule has 0 spiro atoms. The molecular formula is C26H30N4O3. The molecule has 1 unspecified atom stereocenters. The number of fused-ring (bicyclic) bond motifs is 2. The summed E-state index contributed by atoms with van der Waals surface area (Å²) in [5.74, 6) is -0.407. The topological polar surface area (TPSA) is 84.4 Å². The summed E-state index contributed by atoms with van der Waals surface area (Å²) in [6, 6.07) is 11.6. The Morgan fingerprint density at radius 3 is 2.70 bits per heavy atom. The molecule has 0 aliphatic carbocycles. The highest BCUT2D eigenvalue weighted by molar-refractivity contribution is 6.06. The number of nitrogens with zero attached hydrogens (tertiary/aromatic N) is 3. The van der Waals surface area contributed by atoms with Crippen LogP contribution in [0, 0.1) is 6.92 Å². The first-order chi connectivity index (χ1) is 15.9. The summed E-state index contributed by atoms with van der Waals surface area (Å²) < 4.78 is 5.80. The second-order valence-electron chi connectivity index (χ2n) is 8.70. The van der Waals surface area contributed by atoms with Gasteiger partial charge in [-0.2, -0.15) is 0 Å². The van der Waals surface area contributed by atoms with Gasteiger partial charge >= 0.3 is 5.97 Å². The fourth-order valence-corrected chi connectivity index (χ4v) is 4.21. The quantitative estimate of drug-likeness (QED) is 0.569. The zero-order valence-corrected chi connectivity index (χ0v) is 19.6. The maximum absolute atomic E-state index is 13.5. The molecule has 1 amide bonds. The van der Waals surface area contributed by atoms with Gasteiger partial charge in [-0.25, -0.2) is 9.78 Å². The zero-order valence-electron chi connectivity index (χ0n) is 19.6. The average Bonchev–Trinajstić information content (AvgIpc) is 2.81. The second-order valence-corrected chi connectivity index (χ2v) is 8.70. The number of ether oxygens (including phenoxy) is 1. The van der Waals surface area contributed by atoms with Crippen molar-refractivity contribution in [2.24, 2.45) is 0 Å². The van der Waals surface area contributed by atoms with E-state index in [-0.39, 0.29) is 5.91 Å². The molecule has 1 aromatic carbocycles. The van der Waals surface area contributed by atoms with Crippen LogP contribution in [0.3, 0.4) is 0 Å². The molecule has 0 saturated heterocycles. The number of aryl methyl sites for hydroxylation is 1. The zero-order chi connectivity index (χ0) is 23.5. The Morgan fingerprint density at radius 2 is 1.97 bits per heavy atom. The minimum atomic E-state index is -0.925. The van der Waals surface area contributed by atoms with E-state index in [1.165, 1.54) is 0 Å². The largest absolute Gasteiger partial charge is 0.449 e. The van der Waals surface area contributed by atoms with E-state index in [2.05, 4.69) is 29.0 Å². The lowest BCUT2D eigenvalue weighted by Gasteiger charge is -2.32. The number of pyridine rings is 2. The maximum Gasteiger partial charge on any atom is 0.340 e. The Hall–Kier alpha value is -3.32. The summed E-state index contributed by atoms with van der Waals surface area (Å²) in [6.45, 7) is 9.51. The Morgan fingerprint density at radius 1 is 1.18 bits per heavy atom. The fraction of sp³-hybridized carbons (Fsp3) is 0.385. The molecule has 7 nitrogen and oxygen atoms in total. The number of hydrogen-bond donors (Lipinski definition) is 1. The molecule has 3 heterocycles. The van der Waals surface area contributed by atoms with E-state index < -0.39 is 12.1 Å². The van der Waals surface area contributed by atoms with E-state index >= 15 is 0 Å². The standard InChI is InChI=1S/C26H30N4O3/c1-5-22(25(31)29-24-17(4)9-8-13-27-24)33-26(32)23-18-10-6-7-11-20(18)28-21-12-14-30(16(2)3)15-19(21)23/h6-11,13,16,22H,5,12,14-15H2,1-4H3,(H,27,29,31). The van der Waals surface area contributed by atoms with Crippen molar-refractivity contribution < 1.29 is 14.3 Å². The van der Waals surface area contributed by atoms with Gasteiger partial charge in [-0.1, -0.05) is 31.2 Å². The van der Waals surface area contributed by atoms with Gasteiger partial charge in [0.15, 0.2) is 6.10 Å². The molecule has 1 aliphatic rings. The number of hydrogen-bond acceptors (Lipinski definition) is 6. The molecule has 7 heteroatoms. The molecule has 4 rings (SSSR count). The number of rotatable bonds is 6. The lowest BCUT2D eigenvalue weighted by molar-refractivity contribution is -0.124. The molecular weight excluding hydrogens is 416 g/mol. The second kappa shape index (κ2) is 9.67. The first-order valence-electron chi connectivity index (χ1n) is 11.5. The normalized spacial score (nSPS) is 14.7. The van der Waals surface area contributed by atoms with Gasteiger partial charge in [-0.15, -0.1) is 0 Å². The first-order valence-corrected chi connectivity index (χ1v) is 11.5. The molecule has 0 saturated carbocycles. The predicted octanol–water partition coefficient (Wildman–Crippen LogP) is 4.28. The number of nitrogens with one attached hydrogen (secondary N) is 1. The van der Waals surface area contributed by atoms with Crippen molar-refractivity contribution in [3.8, 4) is 0 Å². The molecule has 1 N–H and O–H groups in total. The van der Waals surface area contributed by atoms with Gasteiger partial charge in [0.2, 0.25) is 0 Å². The molecule has 172 valence electrons. The number of aromatic nitrogens is 2. The highest BCUT2D eigenvalue weighted by Gasteiger charge is 2.30. The third-order valence-corrected chi connectivity index (χ3v) is 6.17. The van der Waals surface area contributed by atoms with Gasteiger partial charge in [-0.05, 0) is 44.9 Å². The van der Waals surface area contributed by atoms with Crippen molar-refractivity contribution in [2.75, 3.05) is 11.9 Å². The lowest BCUT2D eigenvalue weighted by atomic mass is 9.95. The molecule has 2 aromatic heterocycles. The fourth-order valence-electron chi connectivity index (χ4n) is 4.21. The van der Waals surface area contributed by atoms with Crippen LogP contribution >= 0.6 is 0 Å². The van der Waals surface area contributed by atoms with Crippen LogP contribution in [0.2, 0.25) is 0 Å².